The molecule has 0 radical (unpaired) electrons. The standard InChI is InChI=1S/C9H16N3O5P/c1-2-7(5-18(14,15)16)17-6-12-4-3-8(10)11-9(12)13/h3-4,7H,2,5-6H2,1H3,(H2,10,11,13)(H2,14,15,16)/t7-/m1/s1. The van der Waals surface area contributed by atoms with Gasteiger partial charge in [-0.15, -0.1) is 0 Å². The summed E-state index contributed by atoms with van der Waals surface area (Å²) in [7, 11) is -4.13. The summed E-state index contributed by atoms with van der Waals surface area (Å²) in [6.07, 6.45) is 0.855. The van der Waals surface area contributed by atoms with Crippen LogP contribution in [0, 0.1) is 0 Å². The largest absolute Gasteiger partial charge is 0.383 e. The number of nitrogen functional groups attached to an aromatic ring is 1. The summed E-state index contributed by atoms with van der Waals surface area (Å²) in [5.41, 5.74) is 4.76. The van der Waals surface area contributed by atoms with Crippen LogP contribution in [0.4, 0.5) is 5.82 Å². The van der Waals surface area contributed by atoms with Crippen LogP contribution in [0.3, 0.4) is 0 Å². The average Bonchev–Trinajstić information content (AvgIpc) is 2.24. The first kappa shape index (κ1) is 14.8. The number of nitrogens with two attached hydrogens (primary N) is 1. The Morgan fingerprint density at radius 1 is 1.61 bits per heavy atom. The van der Waals surface area contributed by atoms with Crippen molar-refractivity contribution in [1.82, 2.24) is 9.55 Å². The van der Waals surface area contributed by atoms with E-state index in [2.05, 4.69) is 4.98 Å². The maximum absolute atomic E-state index is 11.4. The molecular weight excluding hydrogens is 261 g/mol. The molecule has 0 fully saturated rings. The maximum Gasteiger partial charge on any atom is 0.351 e. The second-order valence-corrected chi connectivity index (χ2v) is 5.47. The van der Waals surface area contributed by atoms with E-state index in [0.29, 0.717) is 6.42 Å². The Kier molecular flexibility index (Phi) is 5.03. The van der Waals surface area contributed by atoms with Gasteiger partial charge < -0.3 is 20.3 Å². The SMILES string of the molecule is CC[C@H](CP(=O)(O)O)OCn1ccc(N)nc1=O. The molecule has 0 saturated carbocycles. The first-order valence-electron chi connectivity index (χ1n) is 5.31. The van der Waals surface area contributed by atoms with Crippen molar-refractivity contribution in [3.63, 3.8) is 0 Å². The molecule has 1 aromatic rings. The van der Waals surface area contributed by atoms with Crippen molar-refractivity contribution < 1.29 is 19.1 Å². The monoisotopic (exact) mass is 277 g/mol. The highest BCUT2D eigenvalue weighted by atomic mass is 31.2. The first-order valence-corrected chi connectivity index (χ1v) is 7.10. The van der Waals surface area contributed by atoms with E-state index in [9.17, 15) is 9.36 Å². The average molecular weight is 277 g/mol. The summed E-state index contributed by atoms with van der Waals surface area (Å²) in [6, 6.07) is 1.44. The lowest BCUT2D eigenvalue weighted by atomic mass is 10.3. The molecule has 0 aliphatic carbocycles. The lowest BCUT2D eigenvalue weighted by Crippen LogP contribution is -2.27. The van der Waals surface area contributed by atoms with Crippen molar-refractivity contribution in [3.8, 4) is 0 Å². The van der Waals surface area contributed by atoms with Crippen LogP contribution < -0.4 is 11.4 Å². The Balaban J connectivity index is 2.63. The van der Waals surface area contributed by atoms with Crippen LogP contribution in [0.5, 0.6) is 0 Å². The molecule has 8 nitrogen and oxygen atoms in total. The van der Waals surface area contributed by atoms with E-state index >= 15 is 0 Å². The summed E-state index contributed by atoms with van der Waals surface area (Å²) >= 11 is 0. The van der Waals surface area contributed by atoms with E-state index in [0.717, 1.165) is 0 Å². The molecule has 9 heteroatoms. The molecular formula is C9H16N3O5P. The van der Waals surface area contributed by atoms with Gasteiger partial charge in [0.25, 0.3) is 0 Å². The van der Waals surface area contributed by atoms with Gasteiger partial charge in [0.15, 0.2) is 0 Å². The lowest BCUT2D eigenvalue weighted by molar-refractivity contribution is 0.0132. The van der Waals surface area contributed by atoms with Crippen molar-refractivity contribution in [2.75, 3.05) is 11.9 Å². The fourth-order valence-corrected chi connectivity index (χ4v) is 2.19. The smallest absolute Gasteiger partial charge is 0.351 e. The van der Waals surface area contributed by atoms with Crippen LogP contribution in [0.1, 0.15) is 13.3 Å². The summed E-state index contributed by atoms with van der Waals surface area (Å²) in [6.45, 7) is 1.62. The van der Waals surface area contributed by atoms with Crippen molar-refractivity contribution in [1.29, 1.82) is 0 Å². The minimum absolute atomic E-state index is 0.110. The van der Waals surface area contributed by atoms with Gasteiger partial charge >= 0.3 is 13.3 Å². The van der Waals surface area contributed by atoms with E-state index in [-0.39, 0.29) is 18.7 Å². The van der Waals surface area contributed by atoms with E-state index in [1.807, 2.05) is 0 Å². The van der Waals surface area contributed by atoms with Crippen LogP contribution in [0.25, 0.3) is 0 Å². The number of nitrogens with zero attached hydrogens (tertiary/aromatic N) is 2. The normalized spacial score (nSPS) is 13.5. The molecule has 1 atom stereocenters. The number of hydrogen-bond donors (Lipinski definition) is 3. The molecule has 0 unspecified atom stereocenters. The van der Waals surface area contributed by atoms with Gasteiger partial charge in [-0.1, -0.05) is 6.92 Å². The molecule has 1 heterocycles. The Bertz CT molecular complexity index is 497. The molecule has 0 aliphatic rings. The summed E-state index contributed by atoms with van der Waals surface area (Å²) < 4.78 is 17.3. The van der Waals surface area contributed by atoms with Crippen LogP contribution >= 0.6 is 7.60 Å². The van der Waals surface area contributed by atoms with Gasteiger partial charge in [-0.25, -0.2) is 4.79 Å². The minimum atomic E-state index is -4.13. The quantitative estimate of drug-likeness (QED) is 0.612. The molecule has 0 amide bonds. The number of hydrogen-bond acceptors (Lipinski definition) is 5. The Morgan fingerprint density at radius 2 is 2.28 bits per heavy atom. The molecule has 0 spiro atoms. The minimum Gasteiger partial charge on any atom is -0.383 e. The number of rotatable bonds is 6. The highest BCUT2D eigenvalue weighted by Gasteiger charge is 2.20. The topological polar surface area (TPSA) is 128 Å². The molecule has 1 rings (SSSR count). The van der Waals surface area contributed by atoms with Crippen LogP contribution in [-0.2, 0) is 16.0 Å². The lowest BCUT2D eigenvalue weighted by Gasteiger charge is -2.17. The van der Waals surface area contributed by atoms with E-state index in [1.165, 1.54) is 16.8 Å². The van der Waals surface area contributed by atoms with Gasteiger partial charge in [-0.2, -0.15) is 4.98 Å². The number of anilines is 1. The zero-order valence-electron chi connectivity index (χ0n) is 9.89. The molecule has 0 bridgehead atoms. The molecule has 0 aliphatic heterocycles. The highest BCUT2D eigenvalue weighted by Crippen LogP contribution is 2.36. The highest BCUT2D eigenvalue weighted by molar-refractivity contribution is 7.51. The number of ether oxygens (including phenoxy) is 1. The van der Waals surface area contributed by atoms with Gasteiger partial charge in [0.05, 0.1) is 12.3 Å². The Morgan fingerprint density at radius 3 is 2.78 bits per heavy atom. The zero-order chi connectivity index (χ0) is 13.8. The fourth-order valence-electron chi connectivity index (χ4n) is 1.29. The molecule has 1 aromatic heterocycles. The Labute approximate surface area is 104 Å². The number of aromatic nitrogens is 2. The van der Waals surface area contributed by atoms with Crippen LogP contribution in [0.15, 0.2) is 17.1 Å². The van der Waals surface area contributed by atoms with Crippen molar-refractivity contribution in [3.05, 3.63) is 22.7 Å². The van der Waals surface area contributed by atoms with Crippen LogP contribution in [0.2, 0.25) is 0 Å². The van der Waals surface area contributed by atoms with Gasteiger partial charge in [0, 0.05) is 6.20 Å². The van der Waals surface area contributed by atoms with E-state index < -0.39 is 19.4 Å². The molecule has 0 aromatic carbocycles. The predicted molar refractivity (Wildman–Crippen MR) is 65.0 cm³/mol. The van der Waals surface area contributed by atoms with Gasteiger partial charge in [-0.05, 0) is 12.5 Å². The maximum atomic E-state index is 11.4. The van der Waals surface area contributed by atoms with Gasteiger partial charge in [0.1, 0.15) is 12.5 Å². The van der Waals surface area contributed by atoms with E-state index in [4.69, 9.17) is 20.3 Å². The summed E-state index contributed by atoms with van der Waals surface area (Å²) in [5.74, 6) is 0.110. The van der Waals surface area contributed by atoms with Crippen molar-refractivity contribution >= 4 is 13.4 Å². The third-order valence-electron chi connectivity index (χ3n) is 2.24. The van der Waals surface area contributed by atoms with Gasteiger partial charge in [0.2, 0.25) is 0 Å². The Hall–Kier alpha value is -1.21. The second-order valence-electron chi connectivity index (χ2n) is 3.78. The van der Waals surface area contributed by atoms with Crippen molar-refractivity contribution in [2.24, 2.45) is 0 Å². The molecule has 102 valence electrons. The summed E-state index contributed by atoms with van der Waals surface area (Å²) in [4.78, 5) is 32.6. The summed E-state index contributed by atoms with van der Waals surface area (Å²) in [5, 5.41) is 0. The first-order chi connectivity index (χ1) is 8.31. The molecule has 0 saturated heterocycles. The second kappa shape index (κ2) is 6.10. The van der Waals surface area contributed by atoms with Gasteiger partial charge in [-0.3, -0.25) is 9.13 Å². The third kappa shape index (κ3) is 4.97. The predicted octanol–water partition coefficient (Wildman–Crippen LogP) is -0.244. The third-order valence-corrected chi connectivity index (χ3v) is 3.12. The van der Waals surface area contributed by atoms with Crippen molar-refractivity contribution in [2.45, 2.75) is 26.2 Å². The molecule has 4 N–H and O–H groups in total. The zero-order valence-corrected chi connectivity index (χ0v) is 10.8. The van der Waals surface area contributed by atoms with Crippen LogP contribution in [-0.4, -0.2) is 31.6 Å². The fraction of sp³-hybridized carbons (Fsp3) is 0.556. The molecule has 18 heavy (non-hydrogen) atoms. The van der Waals surface area contributed by atoms with E-state index in [1.54, 1.807) is 6.92 Å².